The molecule has 1 N–H and O–H groups in total. The van der Waals surface area contributed by atoms with Gasteiger partial charge < -0.3 is 5.32 Å². The lowest BCUT2D eigenvalue weighted by molar-refractivity contribution is 0.393. The highest BCUT2D eigenvalue weighted by molar-refractivity contribution is 7.91. The average Bonchev–Trinajstić information content (AvgIpc) is 2.98. The van der Waals surface area contributed by atoms with Crippen LogP contribution < -0.4 is 5.32 Å². The van der Waals surface area contributed by atoms with Gasteiger partial charge in [0.25, 0.3) is 0 Å². The van der Waals surface area contributed by atoms with Gasteiger partial charge in [-0.05, 0) is 44.6 Å². The molecule has 0 spiro atoms. The molecule has 2 atom stereocenters. The minimum absolute atomic E-state index is 0.404. The molecule has 2 fully saturated rings. The van der Waals surface area contributed by atoms with E-state index in [1.165, 1.54) is 25.7 Å². The van der Waals surface area contributed by atoms with Gasteiger partial charge in [0.15, 0.2) is 9.84 Å². The minimum Gasteiger partial charge on any atom is -0.317 e. The van der Waals surface area contributed by atoms with Crippen LogP contribution in [0.2, 0.25) is 0 Å². The Balaban J connectivity index is 1.73. The van der Waals surface area contributed by atoms with Crippen LogP contribution in [0.1, 0.15) is 38.5 Å². The highest BCUT2D eigenvalue weighted by Crippen LogP contribution is 2.34. The maximum atomic E-state index is 11.4. The van der Waals surface area contributed by atoms with E-state index in [2.05, 4.69) is 5.32 Å². The molecule has 1 saturated heterocycles. The summed E-state index contributed by atoms with van der Waals surface area (Å²) in [7, 11) is -0.695. The monoisotopic (exact) mass is 245 g/mol. The number of nitrogens with one attached hydrogen (secondary N) is 1. The molecule has 3 nitrogen and oxygen atoms in total. The van der Waals surface area contributed by atoms with Crippen molar-refractivity contribution in [2.45, 2.75) is 44.6 Å². The maximum Gasteiger partial charge on any atom is 0.150 e. The van der Waals surface area contributed by atoms with Crippen LogP contribution in [0.4, 0.5) is 0 Å². The van der Waals surface area contributed by atoms with Crippen LogP contribution in [0.25, 0.3) is 0 Å². The Morgan fingerprint density at radius 3 is 2.50 bits per heavy atom. The van der Waals surface area contributed by atoms with E-state index in [0.717, 1.165) is 18.8 Å². The van der Waals surface area contributed by atoms with Gasteiger partial charge in [-0.3, -0.25) is 0 Å². The molecule has 16 heavy (non-hydrogen) atoms. The first-order chi connectivity index (χ1) is 7.59. The van der Waals surface area contributed by atoms with Gasteiger partial charge in [-0.2, -0.15) is 0 Å². The van der Waals surface area contributed by atoms with E-state index in [1.54, 1.807) is 0 Å². The summed E-state index contributed by atoms with van der Waals surface area (Å²) >= 11 is 0. The molecule has 1 saturated carbocycles. The van der Waals surface area contributed by atoms with E-state index in [-0.39, 0.29) is 0 Å². The van der Waals surface area contributed by atoms with Crippen molar-refractivity contribution < 1.29 is 8.42 Å². The molecule has 0 aromatic heterocycles. The van der Waals surface area contributed by atoms with Crippen molar-refractivity contribution in [3.05, 3.63) is 0 Å². The van der Waals surface area contributed by atoms with Crippen molar-refractivity contribution in [2.75, 3.05) is 18.6 Å². The van der Waals surface area contributed by atoms with Crippen molar-refractivity contribution in [1.82, 2.24) is 5.32 Å². The summed E-state index contributed by atoms with van der Waals surface area (Å²) < 4.78 is 22.7. The Morgan fingerprint density at radius 2 is 2.00 bits per heavy atom. The molecule has 94 valence electrons. The van der Waals surface area contributed by atoms with Crippen molar-refractivity contribution in [2.24, 2.45) is 11.8 Å². The topological polar surface area (TPSA) is 46.2 Å². The molecule has 1 heterocycles. The lowest BCUT2D eigenvalue weighted by Gasteiger charge is -2.19. The van der Waals surface area contributed by atoms with Crippen LogP contribution in [0.15, 0.2) is 0 Å². The second kappa shape index (κ2) is 5.05. The molecule has 2 rings (SSSR count). The Hall–Kier alpha value is -0.0900. The summed E-state index contributed by atoms with van der Waals surface area (Å²) in [6.07, 6.45) is 7.29. The summed E-state index contributed by atoms with van der Waals surface area (Å²) in [6, 6.07) is 0.527. The second-order valence-corrected chi connectivity index (χ2v) is 7.74. The van der Waals surface area contributed by atoms with Gasteiger partial charge in [0.05, 0.1) is 11.5 Å². The summed E-state index contributed by atoms with van der Waals surface area (Å²) in [5.74, 6) is 2.22. The molecule has 0 amide bonds. The molecule has 0 radical (unpaired) electrons. The smallest absolute Gasteiger partial charge is 0.150 e. The molecule has 0 bridgehead atoms. The minimum atomic E-state index is -2.70. The standard InChI is InChI=1S/C12H23NO2S/c1-13-12(5-4-10-2-3-10)8-11-6-7-16(14,15)9-11/h10-13H,2-9H2,1H3. The molecule has 1 aliphatic carbocycles. The van der Waals surface area contributed by atoms with Gasteiger partial charge in [0.2, 0.25) is 0 Å². The number of rotatable bonds is 6. The van der Waals surface area contributed by atoms with Gasteiger partial charge in [0.1, 0.15) is 0 Å². The fraction of sp³-hybridized carbons (Fsp3) is 1.00. The SMILES string of the molecule is CNC(CCC1CC1)CC1CCS(=O)(=O)C1. The summed E-state index contributed by atoms with van der Waals surface area (Å²) in [4.78, 5) is 0. The first-order valence-electron chi connectivity index (χ1n) is 6.47. The highest BCUT2D eigenvalue weighted by Gasteiger charge is 2.30. The normalized spacial score (nSPS) is 30.4. The Bertz CT molecular complexity index is 322. The molecule has 4 heteroatoms. The first-order valence-corrected chi connectivity index (χ1v) is 8.29. The average molecular weight is 245 g/mol. The fourth-order valence-corrected chi connectivity index (χ4v) is 4.56. The third-order valence-corrected chi connectivity index (χ3v) is 5.81. The zero-order chi connectivity index (χ0) is 11.6. The predicted octanol–water partition coefficient (Wildman–Crippen LogP) is 1.59. The zero-order valence-electron chi connectivity index (χ0n) is 10.1. The molecule has 0 aromatic rings. The van der Waals surface area contributed by atoms with Crippen molar-refractivity contribution >= 4 is 9.84 Å². The quantitative estimate of drug-likeness (QED) is 0.773. The first kappa shape index (κ1) is 12.4. The summed E-state index contributed by atoms with van der Waals surface area (Å²) in [5, 5.41) is 3.34. The van der Waals surface area contributed by atoms with Crippen molar-refractivity contribution in [3.63, 3.8) is 0 Å². The molecule has 1 aliphatic heterocycles. The number of hydrogen-bond donors (Lipinski definition) is 1. The fourth-order valence-electron chi connectivity index (χ4n) is 2.68. The van der Waals surface area contributed by atoms with Crippen LogP contribution in [-0.2, 0) is 9.84 Å². The Kier molecular flexibility index (Phi) is 3.90. The van der Waals surface area contributed by atoms with Crippen LogP contribution >= 0.6 is 0 Å². The zero-order valence-corrected chi connectivity index (χ0v) is 10.9. The Morgan fingerprint density at radius 1 is 1.25 bits per heavy atom. The molecular formula is C12H23NO2S. The molecule has 2 aliphatic rings. The van der Waals surface area contributed by atoms with Gasteiger partial charge in [-0.15, -0.1) is 0 Å². The summed E-state index contributed by atoms with van der Waals surface area (Å²) in [6.45, 7) is 0. The summed E-state index contributed by atoms with van der Waals surface area (Å²) in [5.41, 5.74) is 0. The van der Waals surface area contributed by atoms with E-state index in [1.807, 2.05) is 7.05 Å². The molecule has 0 aromatic carbocycles. The highest BCUT2D eigenvalue weighted by atomic mass is 32.2. The van der Waals surface area contributed by atoms with Crippen LogP contribution in [0, 0.1) is 11.8 Å². The van der Waals surface area contributed by atoms with Gasteiger partial charge in [-0.1, -0.05) is 12.8 Å². The lowest BCUT2D eigenvalue weighted by atomic mass is 9.96. The van der Waals surface area contributed by atoms with E-state index in [0.29, 0.717) is 23.5 Å². The van der Waals surface area contributed by atoms with Crippen LogP contribution in [0.5, 0.6) is 0 Å². The third kappa shape index (κ3) is 3.74. The van der Waals surface area contributed by atoms with E-state index in [4.69, 9.17) is 0 Å². The third-order valence-electron chi connectivity index (χ3n) is 3.97. The van der Waals surface area contributed by atoms with Crippen molar-refractivity contribution in [3.8, 4) is 0 Å². The lowest BCUT2D eigenvalue weighted by Crippen LogP contribution is -2.28. The largest absolute Gasteiger partial charge is 0.317 e. The van der Waals surface area contributed by atoms with Crippen LogP contribution in [0.3, 0.4) is 0 Å². The van der Waals surface area contributed by atoms with Crippen molar-refractivity contribution in [1.29, 1.82) is 0 Å². The Labute approximate surface area is 98.9 Å². The number of hydrogen-bond acceptors (Lipinski definition) is 3. The maximum absolute atomic E-state index is 11.4. The van der Waals surface area contributed by atoms with Crippen LogP contribution in [-0.4, -0.2) is 33.0 Å². The second-order valence-electron chi connectivity index (χ2n) is 5.51. The van der Waals surface area contributed by atoms with E-state index in [9.17, 15) is 8.42 Å². The molecule has 2 unspecified atom stereocenters. The van der Waals surface area contributed by atoms with E-state index >= 15 is 0 Å². The van der Waals surface area contributed by atoms with Gasteiger partial charge in [0, 0.05) is 6.04 Å². The molecular weight excluding hydrogens is 222 g/mol. The van der Waals surface area contributed by atoms with Gasteiger partial charge >= 0.3 is 0 Å². The number of sulfone groups is 1. The van der Waals surface area contributed by atoms with E-state index < -0.39 is 9.84 Å². The predicted molar refractivity (Wildman–Crippen MR) is 66.2 cm³/mol. The van der Waals surface area contributed by atoms with Gasteiger partial charge in [-0.25, -0.2) is 8.42 Å².